The molecule has 0 aromatic heterocycles. The van der Waals surface area contributed by atoms with Crippen LogP contribution in [0.2, 0.25) is 5.02 Å². The Morgan fingerprint density at radius 1 is 0.976 bits per heavy atom. The number of benzene rings is 3. The monoisotopic (exact) mass is 613 g/mol. The highest BCUT2D eigenvalue weighted by molar-refractivity contribution is 7.92. The van der Waals surface area contributed by atoms with Gasteiger partial charge in [0.05, 0.1) is 11.4 Å². The van der Waals surface area contributed by atoms with Crippen molar-refractivity contribution in [3.8, 4) is 11.5 Å². The molecule has 1 N–H and O–H groups in total. The topological polar surface area (TPSA) is 105 Å². The van der Waals surface area contributed by atoms with E-state index in [9.17, 15) is 18.0 Å². The van der Waals surface area contributed by atoms with Crippen LogP contribution in [-0.4, -0.2) is 55.8 Å². The molecule has 0 aliphatic carbocycles. The highest BCUT2D eigenvalue weighted by atomic mass is 35.5. The van der Waals surface area contributed by atoms with E-state index in [1.165, 1.54) is 17.9 Å². The van der Waals surface area contributed by atoms with Crippen LogP contribution in [0.5, 0.6) is 11.5 Å². The Bertz CT molecular complexity index is 1530. The van der Waals surface area contributed by atoms with Crippen LogP contribution >= 0.6 is 11.6 Å². The van der Waals surface area contributed by atoms with Gasteiger partial charge in [0.15, 0.2) is 11.5 Å². The van der Waals surface area contributed by atoms with Crippen molar-refractivity contribution in [2.24, 2.45) is 0 Å². The van der Waals surface area contributed by atoms with Crippen molar-refractivity contribution in [2.45, 2.75) is 52.2 Å². The summed E-state index contributed by atoms with van der Waals surface area (Å²) in [5.74, 6) is -0.289. The SMILES string of the molecule is CCS(=O)(=O)N(CC(=O)N(Cc1ccccc1Cl)[C@@H](Cc1ccccc1)C(=O)NC(C)(C)C)c1ccc2c(c1)OCO2. The molecule has 0 saturated carbocycles. The standard InChI is InChI=1S/C31H36ClN3O6S/c1-5-42(38,39)35(24-15-16-27-28(18-24)41-21-40-27)20-29(36)34(19-23-13-9-10-14-25(23)32)26(30(37)33-31(2,3)4)17-22-11-7-6-8-12-22/h6-16,18,26H,5,17,19-21H2,1-4H3,(H,33,37)/t26-/m0/s1. The zero-order valence-corrected chi connectivity index (χ0v) is 25.7. The summed E-state index contributed by atoms with van der Waals surface area (Å²) in [4.78, 5) is 29.5. The second-order valence-electron chi connectivity index (χ2n) is 11.0. The molecule has 11 heteroatoms. The zero-order chi connectivity index (χ0) is 30.5. The fourth-order valence-electron chi connectivity index (χ4n) is 4.58. The van der Waals surface area contributed by atoms with E-state index in [1.807, 2.05) is 51.1 Å². The molecule has 0 bridgehead atoms. The summed E-state index contributed by atoms with van der Waals surface area (Å²) in [6.07, 6.45) is 0.212. The van der Waals surface area contributed by atoms with E-state index in [-0.39, 0.29) is 37.1 Å². The van der Waals surface area contributed by atoms with Gasteiger partial charge in [-0.15, -0.1) is 0 Å². The van der Waals surface area contributed by atoms with Crippen LogP contribution in [0.4, 0.5) is 5.69 Å². The number of fused-ring (bicyclic) bond motifs is 1. The Morgan fingerprint density at radius 3 is 2.31 bits per heavy atom. The molecule has 0 unspecified atom stereocenters. The number of amides is 2. The predicted molar refractivity (Wildman–Crippen MR) is 163 cm³/mol. The van der Waals surface area contributed by atoms with E-state index >= 15 is 0 Å². The van der Waals surface area contributed by atoms with Crippen LogP contribution < -0.4 is 19.1 Å². The van der Waals surface area contributed by atoms with Crippen molar-refractivity contribution in [3.63, 3.8) is 0 Å². The highest BCUT2D eigenvalue weighted by Gasteiger charge is 2.35. The first-order valence-corrected chi connectivity index (χ1v) is 15.7. The first-order valence-electron chi connectivity index (χ1n) is 13.7. The van der Waals surface area contributed by atoms with E-state index in [4.69, 9.17) is 21.1 Å². The van der Waals surface area contributed by atoms with Gasteiger partial charge < -0.3 is 19.7 Å². The van der Waals surface area contributed by atoms with E-state index in [0.29, 0.717) is 22.1 Å². The van der Waals surface area contributed by atoms with Crippen molar-refractivity contribution in [3.05, 3.63) is 88.9 Å². The number of hydrogen-bond acceptors (Lipinski definition) is 6. The number of nitrogens with one attached hydrogen (secondary N) is 1. The minimum Gasteiger partial charge on any atom is -0.454 e. The van der Waals surface area contributed by atoms with Gasteiger partial charge in [-0.05, 0) is 57.0 Å². The number of anilines is 1. The Morgan fingerprint density at radius 2 is 1.64 bits per heavy atom. The van der Waals surface area contributed by atoms with Crippen LogP contribution in [-0.2, 0) is 32.6 Å². The summed E-state index contributed by atoms with van der Waals surface area (Å²) in [6, 6.07) is 20.2. The number of halogens is 1. The van der Waals surface area contributed by atoms with Gasteiger partial charge in [0.2, 0.25) is 28.6 Å². The fraction of sp³-hybridized carbons (Fsp3) is 0.355. The molecule has 0 saturated heterocycles. The Labute approximate surface area is 252 Å². The maximum atomic E-state index is 14.3. The minimum absolute atomic E-state index is 0.00524. The minimum atomic E-state index is -3.91. The number of hydrogen-bond donors (Lipinski definition) is 1. The number of carbonyl (C=O) groups is 2. The number of carbonyl (C=O) groups excluding carboxylic acids is 2. The predicted octanol–water partition coefficient (Wildman–Crippen LogP) is 4.78. The van der Waals surface area contributed by atoms with Crippen molar-refractivity contribution in [1.82, 2.24) is 10.2 Å². The lowest BCUT2D eigenvalue weighted by atomic mass is 10.0. The van der Waals surface area contributed by atoms with Gasteiger partial charge in [-0.3, -0.25) is 13.9 Å². The summed E-state index contributed by atoms with van der Waals surface area (Å²) in [6.45, 7) is 6.58. The third-order valence-electron chi connectivity index (χ3n) is 6.69. The number of nitrogens with zero attached hydrogens (tertiary/aromatic N) is 2. The first-order chi connectivity index (χ1) is 19.9. The molecule has 4 rings (SSSR count). The van der Waals surface area contributed by atoms with E-state index in [0.717, 1.165) is 9.87 Å². The molecule has 9 nitrogen and oxygen atoms in total. The molecular formula is C31H36ClN3O6S. The van der Waals surface area contributed by atoms with Crippen molar-refractivity contribution in [1.29, 1.82) is 0 Å². The van der Waals surface area contributed by atoms with Crippen LogP contribution in [0.3, 0.4) is 0 Å². The second-order valence-corrected chi connectivity index (χ2v) is 13.6. The van der Waals surface area contributed by atoms with Gasteiger partial charge in [-0.2, -0.15) is 0 Å². The maximum Gasteiger partial charge on any atom is 0.244 e. The summed E-state index contributed by atoms with van der Waals surface area (Å²) in [5, 5.41) is 3.43. The Balaban J connectivity index is 1.77. The number of rotatable bonds is 11. The molecule has 1 aliphatic rings. The van der Waals surface area contributed by atoms with E-state index in [2.05, 4.69) is 5.32 Å². The number of sulfonamides is 1. The largest absolute Gasteiger partial charge is 0.454 e. The number of ether oxygens (including phenoxy) is 2. The molecule has 0 fully saturated rings. The molecule has 3 aromatic rings. The van der Waals surface area contributed by atoms with E-state index in [1.54, 1.807) is 36.4 Å². The maximum absolute atomic E-state index is 14.3. The average Bonchev–Trinajstić information content (AvgIpc) is 3.42. The first kappa shape index (κ1) is 31.2. The van der Waals surface area contributed by atoms with Gasteiger partial charge in [0.25, 0.3) is 0 Å². The van der Waals surface area contributed by atoms with Crippen molar-refractivity contribution in [2.75, 3.05) is 23.4 Å². The molecule has 224 valence electrons. The lowest BCUT2D eigenvalue weighted by molar-refractivity contribution is -0.140. The summed E-state index contributed by atoms with van der Waals surface area (Å²) >= 11 is 6.50. The lowest BCUT2D eigenvalue weighted by Crippen LogP contribution is -2.56. The molecule has 1 atom stereocenters. The molecule has 2 amide bonds. The normalized spacial score (nSPS) is 13.4. The van der Waals surface area contributed by atoms with Gasteiger partial charge >= 0.3 is 0 Å². The van der Waals surface area contributed by atoms with Gasteiger partial charge in [0, 0.05) is 29.6 Å². The molecule has 42 heavy (non-hydrogen) atoms. The molecular weight excluding hydrogens is 578 g/mol. The average molecular weight is 614 g/mol. The van der Waals surface area contributed by atoms with Crippen LogP contribution in [0, 0.1) is 0 Å². The smallest absolute Gasteiger partial charge is 0.244 e. The van der Waals surface area contributed by atoms with Gasteiger partial charge in [-0.1, -0.05) is 60.1 Å². The molecule has 0 radical (unpaired) electrons. The lowest BCUT2D eigenvalue weighted by Gasteiger charge is -2.35. The summed E-state index contributed by atoms with van der Waals surface area (Å²) < 4.78 is 38.6. The third-order valence-corrected chi connectivity index (χ3v) is 8.80. The van der Waals surface area contributed by atoms with Crippen LogP contribution in [0.25, 0.3) is 0 Å². The quantitative estimate of drug-likeness (QED) is 0.334. The highest BCUT2D eigenvalue weighted by Crippen LogP contribution is 2.36. The summed E-state index contributed by atoms with van der Waals surface area (Å²) in [7, 11) is -3.91. The van der Waals surface area contributed by atoms with Crippen molar-refractivity contribution < 1.29 is 27.5 Å². The van der Waals surface area contributed by atoms with E-state index < -0.39 is 34.1 Å². The fourth-order valence-corrected chi connectivity index (χ4v) is 5.83. The van der Waals surface area contributed by atoms with Crippen LogP contribution in [0.1, 0.15) is 38.8 Å². The molecule has 1 aliphatic heterocycles. The van der Waals surface area contributed by atoms with Crippen LogP contribution in [0.15, 0.2) is 72.8 Å². The van der Waals surface area contributed by atoms with Gasteiger partial charge in [-0.25, -0.2) is 8.42 Å². The Kier molecular flexibility index (Phi) is 9.68. The summed E-state index contributed by atoms with van der Waals surface area (Å²) in [5.41, 5.74) is 1.15. The molecule has 0 spiro atoms. The van der Waals surface area contributed by atoms with Crippen molar-refractivity contribution >= 4 is 39.1 Å². The zero-order valence-electron chi connectivity index (χ0n) is 24.2. The van der Waals surface area contributed by atoms with Gasteiger partial charge in [0.1, 0.15) is 12.6 Å². The third kappa shape index (κ3) is 7.74. The second kappa shape index (κ2) is 13.0. The Hall–Kier alpha value is -3.76. The molecule has 1 heterocycles. The molecule has 3 aromatic carbocycles.